The van der Waals surface area contributed by atoms with Crippen LogP contribution in [0.4, 0.5) is 0 Å². The van der Waals surface area contributed by atoms with E-state index in [0.29, 0.717) is 28.7 Å². The average molecular weight is 319 g/mol. The first-order chi connectivity index (χ1) is 9.49. The zero-order valence-electron chi connectivity index (χ0n) is 11.7. The van der Waals surface area contributed by atoms with Crippen LogP contribution in [0.3, 0.4) is 0 Å². The first-order valence-electron chi connectivity index (χ1n) is 6.61. The van der Waals surface area contributed by atoms with Crippen LogP contribution in [0.15, 0.2) is 18.2 Å². The molecular weight excluding hydrogens is 299 g/mol. The third-order valence-corrected chi connectivity index (χ3v) is 3.63. The van der Waals surface area contributed by atoms with Crippen molar-refractivity contribution in [3.63, 3.8) is 0 Å². The minimum absolute atomic E-state index is 0.0133. The van der Waals surface area contributed by atoms with Gasteiger partial charge < -0.3 is 15.3 Å². The smallest absolute Gasteiger partial charge is 0.236 e. The molecule has 0 aliphatic rings. The molecule has 0 bridgehead atoms. The van der Waals surface area contributed by atoms with Crippen molar-refractivity contribution >= 4 is 29.1 Å². The Bertz CT molecular complexity index is 451. The average Bonchev–Trinajstić information content (AvgIpc) is 2.42. The molecule has 1 aromatic carbocycles. The van der Waals surface area contributed by atoms with Gasteiger partial charge in [0.2, 0.25) is 5.91 Å². The molecule has 6 heteroatoms. The van der Waals surface area contributed by atoms with Gasteiger partial charge in [0.05, 0.1) is 12.6 Å². The van der Waals surface area contributed by atoms with Crippen LogP contribution < -0.4 is 5.32 Å². The lowest BCUT2D eigenvalue weighted by molar-refractivity contribution is -0.129. The Morgan fingerprint density at radius 3 is 2.60 bits per heavy atom. The molecule has 0 radical (unpaired) electrons. The third kappa shape index (κ3) is 4.94. The fraction of sp³-hybridized carbons (Fsp3) is 0.500. The molecule has 0 saturated heterocycles. The number of aliphatic hydroxyl groups excluding tert-OH is 1. The number of amides is 1. The second-order valence-corrected chi connectivity index (χ2v) is 5.22. The molecule has 0 aliphatic heterocycles. The highest BCUT2D eigenvalue weighted by molar-refractivity contribution is 6.33. The van der Waals surface area contributed by atoms with Crippen molar-refractivity contribution in [2.45, 2.75) is 20.0 Å². The highest BCUT2D eigenvalue weighted by atomic mass is 35.5. The van der Waals surface area contributed by atoms with Crippen molar-refractivity contribution < 1.29 is 9.90 Å². The summed E-state index contributed by atoms with van der Waals surface area (Å²) in [6.45, 7) is 5.66. The molecule has 0 fully saturated rings. The number of rotatable bonds is 7. The van der Waals surface area contributed by atoms with Gasteiger partial charge in [-0.2, -0.15) is 0 Å². The van der Waals surface area contributed by atoms with Gasteiger partial charge in [0.1, 0.15) is 0 Å². The van der Waals surface area contributed by atoms with Gasteiger partial charge in [0.25, 0.3) is 0 Å². The van der Waals surface area contributed by atoms with E-state index in [1.165, 1.54) is 0 Å². The van der Waals surface area contributed by atoms with E-state index in [4.69, 9.17) is 23.2 Å². The monoisotopic (exact) mass is 318 g/mol. The zero-order chi connectivity index (χ0) is 15.1. The summed E-state index contributed by atoms with van der Waals surface area (Å²) in [6, 6.07) is 4.93. The highest BCUT2D eigenvalue weighted by Crippen LogP contribution is 2.25. The summed E-state index contributed by atoms with van der Waals surface area (Å²) in [5.74, 6) is 0.0133. The number of likely N-dealkylation sites (N-methyl/N-ethyl adjacent to an activating group) is 1. The maximum Gasteiger partial charge on any atom is 0.236 e. The second-order valence-electron chi connectivity index (χ2n) is 4.38. The molecule has 1 unspecified atom stereocenters. The van der Waals surface area contributed by atoms with Crippen LogP contribution in [-0.2, 0) is 4.79 Å². The Kier molecular flexibility index (Phi) is 7.30. The minimum Gasteiger partial charge on any atom is -0.387 e. The number of hydrogen-bond donors (Lipinski definition) is 2. The number of benzene rings is 1. The van der Waals surface area contributed by atoms with Crippen LogP contribution in [0.5, 0.6) is 0 Å². The number of carbonyl (C=O) groups is 1. The topological polar surface area (TPSA) is 52.6 Å². The number of nitrogens with zero attached hydrogens (tertiary/aromatic N) is 1. The largest absolute Gasteiger partial charge is 0.387 e. The number of halogens is 2. The van der Waals surface area contributed by atoms with Gasteiger partial charge in [0.15, 0.2) is 0 Å². The minimum atomic E-state index is -0.800. The van der Waals surface area contributed by atoms with Crippen LogP contribution in [0.1, 0.15) is 25.5 Å². The molecule has 2 N–H and O–H groups in total. The quantitative estimate of drug-likeness (QED) is 0.812. The fourth-order valence-corrected chi connectivity index (χ4v) is 2.31. The van der Waals surface area contributed by atoms with Crippen molar-refractivity contribution in [2.75, 3.05) is 26.2 Å². The SMILES string of the molecule is CCN(CC)C(=O)CNCC(O)c1cc(Cl)ccc1Cl. The Morgan fingerprint density at radius 2 is 2.00 bits per heavy atom. The van der Waals surface area contributed by atoms with Crippen molar-refractivity contribution in [3.8, 4) is 0 Å². The lowest BCUT2D eigenvalue weighted by Crippen LogP contribution is -2.39. The molecule has 112 valence electrons. The number of hydrogen-bond acceptors (Lipinski definition) is 3. The van der Waals surface area contributed by atoms with Gasteiger partial charge in [0, 0.05) is 35.2 Å². The predicted molar refractivity (Wildman–Crippen MR) is 82.2 cm³/mol. The third-order valence-electron chi connectivity index (χ3n) is 3.05. The molecule has 0 heterocycles. The molecule has 4 nitrogen and oxygen atoms in total. The van der Waals surface area contributed by atoms with Gasteiger partial charge in [-0.3, -0.25) is 4.79 Å². The molecule has 0 aromatic heterocycles. The van der Waals surface area contributed by atoms with Crippen molar-refractivity contribution in [1.29, 1.82) is 0 Å². The molecular formula is C14H20Cl2N2O2. The normalized spacial score (nSPS) is 12.2. The lowest BCUT2D eigenvalue weighted by Gasteiger charge is -2.20. The number of aliphatic hydroxyl groups is 1. The van der Waals surface area contributed by atoms with Crippen LogP contribution in [-0.4, -0.2) is 42.1 Å². The van der Waals surface area contributed by atoms with E-state index < -0.39 is 6.10 Å². The van der Waals surface area contributed by atoms with E-state index in [1.807, 2.05) is 13.8 Å². The summed E-state index contributed by atoms with van der Waals surface area (Å²) in [7, 11) is 0. The molecule has 1 aromatic rings. The van der Waals surface area contributed by atoms with Crippen molar-refractivity contribution in [1.82, 2.24) is 10.2 Å². The Morgan fingerprint density at radius 1 is 1.35 bits per heavy atom. The van der Waals surface area contributed by atoms with Gasteiger partial charge in [-0.05, 0) is 32.0 Å². The molecule has 20 heavy (non-hydrogen) atoms. The van der Waals surface area contributed by atoms with Crippen LogP contribution in [0, 0.1) is 0 Å². The Labute approximate surface area is 129 Å². The highest BCUT2D eigenvalue weighted by Gasteiger charge is 2.14. The number of nitrogens with one attached hydrogen (secondary N) is 1. The van der Waals surface area contributed by atoms with Crippen LogP contribution in [0.25, 0.3) is 0 Å². The van der Waals surface area contributed by atoms with E-state index in [2.05, 4.69) is 5.32 Å². The molecule has 1 amide bonds. The summed E-state index contributed by atoms with van der Waals surface area (Å²) in [6.07, 6.45) is -0.800. The molecule has 1 atom stereocenters. The molecule has 0 spiro atoms. The summed E-state index contributed by atoms with van der Waals surface area (Å²) in [4.78, 5) is 13.5. The first kappa shape index (κ1) is 17.2. The van der Waals surface area contributed by atoms with Crippen LogP contribution in [0.2, 0.25) is 10.0 Å². The summed E-state index contributed by atoms with van der Waals surface area (Å²) in [5.41, 5.74) is 0.557. The zero-order valence-corrected chi connectivity index (χ0v) is 13.2. The van der Waals surface area contributed by atoms with Gasteiger partial charge in [-0.1, -0.05) is 23.2 Å². The summed E-state index contributed by atoms with van der Waals surface area (Å²) < 4.78 is 0. The first-order valence-corrected chi connectivity index (χ1v) is 7.36. The van der Waals surface area contributed by atoms with Crippen LogP contribution >= 0.6 is 23.2 Å². The van der Waals surface area contributed by atoms with Gasteiger partial charge in [-0.25, -0.2) is 0 Å². The second kappa shape index (κ2) is 8.47. The van der Waals surface area contributed by atoms with E-state index >= 15 is 0 Å². The van der Waals surface area contributed by atoms with Gasteiger partial charge in [-0.15, -0.1) is 0 Å². The van der Waals surface area contributed by atoms with E-state index in [9.17, 15) is 9.90 Å². The lowest BCUT2D eigenvalue weighted by atomic mass is 10.1. The standard InChI is InChI=1S/C14H20Cl2N2O2/c1-3-18(4-2)14(20)9-17-8-13(19)11-7-10(15)5-6-12(11)16/h5-7,13,17,19H,3-4,8-9H2,1-2H3. The molecule has 0 aliphatic carbocycles. The fourth-order valence-electron chi connectivity index (χ4n) is 1.88. The van der Waals surface area contributed by atoms with E-state index in [-0.39, 0.29) is 19.0 Å². The Hall–Kier alpha value is -0.810. The van der Waals surface area contributed by atoms with E-state index in [0.717, 1.165) is 0 Å². The van der Waals surface area contributed by atoms with E-state index in [1.54, 1.807) is 23.1 Å². The maximum absolute atomic E-state index is 11.8. The summed E-state index contributed by atoms with van der Waals surface area (Å²) in [5, 5.41) is 14.0. The van der Waals surface area contributed by atoms with Gasteiger partial charge >= 0.3 is 0 Å². The summed E-state index contributed by atoms with van der Waals surface area (Å²) >= 11 is 11.9. The number of carbonyl (C=O) groups excluding carboxylic acids is 1. The molecule has 1 rings (SSSR count). The maximum atomic E-state index is 11.8. The molecule has 0 saturated carbocycles. The predicted octanol–water partition coefficient (Wildman–Crippen LogP) is 2.48. The van der Waals surface area contributed by atoms with Crippen molar-refractivity contribution in [2.24, 2.45) is 0 Å². The van der Waals surface area contributed by atoms with Crippen molar-refractivity contribution in [3.05, 3.63) is 33.8 Å². The Balaban J connectivity index is 2.49.